The lowest BCUT2D eigenvalue weighted by Crippen LogP contribution is -2.26. The topological polar surface area (TPSA) is 43.1 Å². The fourth-order valence-corrected chi connectivity index (χ4v) is 1.67. The lowest BCUT2D eigenvalue weighted by Gasteiger charge is -2.06. The van der Waals surface area contributed by atoms with Gasteiger partial charge in [0.25, 0.3) is 0 Å². The first-order valence-electron chi connectivity index (χ1n) is 5.19. The van der Waals surface area contributed by atoms with Gasteiger partial charge in [-0.1, -0.05) is 12.1 Å². The molecule has 1 aliphatic carbocycles. The fourth-order valence-electron chi connectivity index (χ4n) is 1.67. The van der Waals surface area contributed by atoms with Crippen molar-refractivity contribution in [3.63, 3.8) is 0 Å². The van der Waals surface area contributed by atoms with Gasteiger partial charge in [-0.2, -0.15) is 0 Å². The number of benzene rings is 1. The van der Waals surface area contributed by atoms with Gasteiger partial charge in [0.05, 0.1) is 6.04 Å². The SMILES string of the molecule is CC(N)C(=O)c1ccc(C2CC2)c(F)c1. The van der Waals surface area contributed by atoms with Gasteiger partial charge in [0.1, 0.15) is 5.82 Å². The zero-order valence-electron chi connectivity index (χ0n) is 8.66. The Morgan fingerprint density at radius 1 is 1.53 bits per heavy atom. The van der Waals surface area contributed by atoms with Crippen LogP contribution in [0.5, 0.6) is 0 Å². The summed E-state index contributed by atoms with van der Waals surface area (Å²) >= 11 is 0. The van der Waals surface area contributed by atoms with E-state index in [-0.39, 0.29) is 11.6 Å². The molecule has 0 heterocycles. The van der Waals surface area contributed by atoms with E-state index in [1.165, 1.54) is 6.07 Å². The van der Waals surface area contributed by atoms with Crippen LogP contribution < -0.4 is 5.73 Å². The summed E-state index contributed by atoms with van der Waals surface area (Å²) < 4.78 is 13.6. The summed E-state index contributed by atoms with van der Waals surface area (Å²) in [6.45, 7) is 1.61. The largest absolute Gasteiger partial charge is 0.321 e. The first-order chi connectivity index (χ1) is 7.09. The van der Waals surface area contributed by atoms with E-state index in [0.717, 1.165) is 18.4 Å². The molecule has 1 aromatic carbocycles. The number of carbonyl (C=O) groups is 1. The number of Topliss-reactive ketones (excluding diaryl/α,β-unsaturated/α-hetero) is 1. The summed E-state index contributed by atoms with van der Waals surface area (Å²) in [6, 6.07) is 4.11. The number of ketones is 1. The molecule has 0 radical (unpaired) electrons. The Balaban J connectivity index is 2.28. The molecule has 1 aromatic rings. The Kier molecular flexibility index (Phi) is 2.57. The van der Waals surface area contributed by atoms with Gasteiger partial charge >= 0.3 is 0 Å². The van der Waals surface area contributed by atoms with E-state index in [1.54, 1.807) is 19.1 Å². The van der Waals surface area contributed by atoms with E-state index in [4.69, 9.17) is 5.73 Å². The smallest absolute Gasteiger partial charge is 0.179 e. The lowest BCUT2D eigenvalue weighted by molar-refractivity contribution is 0.0967. The van der Waals surface area contributed by atoms with Gasteiger partial charge < -0.3 is 5.73 Å². The number of hydrogen-bond acceptors (Lipinski definition) is 2. The van der Waals surface area contributed by atoms with Crippen LogP contribution in [-0.2, 0) is 0 Å². The molecule has 1 saturated carbocycles. The predicted octanol–water partition coefficient (Wildman–Crippen LogP) is 2.23. The summed E-state index contributed by atoms with van der Waals surface area (Å²) in [5.41, 5.74) is 6.56. The maximum absolute atomic E-state index is 13.6. The first kappa shape index (κ1) is 10.3. The summed E-state index contributed by atoms with van der Waals surface area (Å²) in [5.74, 6) is -0.121. The Hall–Kier alpha value is -1.22. The molecule has 1 aliphatic rings. The third kappa shape index (κ3) is 2.07. The highest BCUT2D eigenvalue weighted by atomic mass is 19.1. The van der Waals surface area contributed by atoms with Gasteiger partial charge in [0.2, 0.25) is 0 Å². The van der Waals surface area contributed by atoms with Gasteiger partial charge in [-0.3, -0.25) is 4.79 Å². The Labute approximate surface area is 88.3 Å². The van der Waals surface area contributed by atoms with Crippen LogP contribution >= 0.6 is 0 Å². The van der Waals surface area contributed by atoms with Crippen molar-refractivity contribution < 1.29 is 9.18 Å². The highest BCUT2D eigenvalue weighted by Gasteiger charge is 2.26. The third-order valence-electron chi connectivity index (χ3n) is 2.72. The Bertz CT molecular complexity index is 397. The van der Waals surface area contributed by atoms with Crippen LogP contribution in [0.1, 0.15) is 41.6 Å². The zero-order chi connectivity index (χ0) is 11.0. The van der Waals surface area contributed by atoms with Crippen molar-refractivity contribution in [2.24, 2.45) is 5.73 Å². The minimum atomic E-state index is -0.573. The van der Waals surface area contributed by atoms with E-state index in [1.807, 2.05) is 0 Å². The van der Waals surface area contributed by atoms with Crippen LogP contribution in [0.25, 0.3) is 0 Å². The molecule has 1 unspecified atom stereocenters. The van der Waals surface area contributed by atoms with Crippen LogP contribution in [0.15, 0.2) is 18.2 Å². The van der Waals surface area contributed by atoms with Gasteiger partial charge in [-0.25, -0.2) is 4.39 Å². The standard InChI is InChI=1S/C12H14FNO/c1-7(14)12(15)9-4-5-10(8-2-3-8)11(13)6-9/h4-8H,2-3,14H2,1H3. The molecule has 80 valence electrons. The molecule has 1 fully saturated rings. The minimum Gasteiger partial charge on any atom is -0.321 e. The molecule has 1 atom stereocenters. The average molecular weight is 207 g/mol. The molecule has 2 nitrogen and oxygen atoms in total. The highest BCUT2D eigenvalue weighted by Crippen LogP contribution is 2.41. The molecule has 2 rings (SSSR count). The molecule has 3 heteroatoms. The van der Waals surface area contributed by atoms with Crippen molar-refractivity contribution in [2.45, 2.75) is 31.7 Å². The fraction of sp³-hybridized carbons (Fsp3) is 0.417. The minimum absolute atomic E-state index is 0.212. The zero-order valence-corrected chi connectivity index (χ0v) is 8.66. The second-order valence-corrected chi connectivity index (χ2v) is 4.16. The van der Waals surface area contributed by atoms with Crippen LogP contribution in [0.2, 0.25) is 0 Å². The van der Waals surface area contributed by atoms with Crippen LogP contribution in [-0.4, -0.2) is 11.8 Å². The molecule has 2 N–H and O–H groups in total. The molecule has 15 heavy (non-hydrogen) atoms. The maximum atomic E-state index is 13.6. The predicted molar refractivity (Wildman–Crippen MR) is 56.4 cm³/mol. The molecule has 0 bridgehead atoms. The average Bonchev–Trinajstić information content (AvgIpc) is 3.00. The van der Waals surface area contributed by atoms with E-state index < -0.39 is 6.04 Å². The van der Waals surface area contributed by atoms with Crippen LogP contribution in [0.4, 0.5) is 4.39 Å². The molecular formula is C12H14FNO. The monoisotopic (exact) mass is 207 g/mol. The summed E-state index contributed by atoms with van der Waals surface area (Å²) in [5, 5.41) is 0. The van der Waals surface area contributed by atoms with Crippen LogP contribution in [0.3, 0.4) is 0 Å². The van der Waals surface area contributed by atoms with Gasteiger partial charge in [0, 0.05) is 5.56 Å². The number of halogens is 1. The second-order valence-electron chi connectivity index (χ2n) is 4.16. The van der Waals surface area contributed by atoms with E-state index in [9.17, 15) is 9.18 Å². The number of rotatable bonds is 3. The molecule has 0 aromatic heterocycles. The Morgan fingerprint density at radius 3 is 2.67 bits per heavy atom. The Morgan fingerprint density at radius 2 is 2.20 bits per heavy atom. The van der Waals surface area contributed by atoms with Crippen molar-refractivity contribution in [3.05, 3.63) is 35.1 Å². The summed E-state index contributed by atoms with van der Waals surface area (Å²) in [7, 11) is 0. The summed E-state index contributed by atoms with van der Waals surface area (Å²) in [4.78, 5) is 11.5. The van der Waals surface area contributed by atoms with Crippen LogP contribution in [0, 0.1) is 5.82 Å². The van der Waals surface area contributed by atoms with E-state index in [2.05, 4.69) is 0 Å². The molecule has 0 amide bonds. The van der Waals surface area contributed by atoms with Crippen molar-refractivity contribution in [1.29, 1.82) is 0 Å². The first-order valence-corrected chi connectivity index (χ1v) is 5.19. The normalized spacial score (nSPS) is 17.5. The third-order valence-corrected chi connectivity index (χ3v) is 2.72. The van der Waals surface area contributed by atoms with Gasteiger partial charge in [0.15, 0.2) is 5.78 Å². The van der Waals surface area contributed by atoms with Crippen molar-refractivity contribution in [3.8, 4) is 0 Å². The number of nitrogens with two attached hydrogens (primary N) is 1. The molecule has 0 spiro atoms. The number of hydrogen-bond donors (Lipinski definition) is 1. The molecule has 0 aliphatic heterocycles. The highest BCUT2D eigenvalue weighted by molar-refractivity contribution is 5.99. The van der Waals surface area contributed by atoms with E-state index in [0.29, 0.717) is 11.5 Å². The molecular weight excluding hydrogens is 193 g/mol. The van der Waals surface area contributed by atoms with Crippen molar-refractivity contribution >= 4 is 5.78 Å². The van der Waals surface area contributed by atoms with Crippen molar-refractivity contribution in [2.75, 3.05) is 0 Å². The van der Waals surface area contributed by atoms with E-state index >= 15 is 0 Å². The van der Waals surface area contributed by atoms with Gasteiger partial charge in [-0.05, 0) is 37.3 Å². The summed E-state index contributed by atoms with van der Waals surface area (Å²) in [6.07, 6.45) is 2.11. The number of carbonyl (C=O) groups excluding carboxylic acids is 1. The maximum Gasteiger partial charge on any atom is 0.179 e. The lowest BCUT2D eigenvalue weighted by atomic mass is 10.0. The van der Waals surface area contributed by atoms with Crippen molar-refractivity contribution in [1.82, 2.24) is 0 Å². The quantitative estimate of drug-likeness (QED) is 0.772. The second kappa shape index (κ2) is 3.74. The van der Waals surface area contributed by atoms with Gasteiger partial charge in [-0.15, -0.1) is 0 Å². The molecule has 0 saturated heterocycles.